The molecule has 3 aromatic rings. The number of nitrogens with one attached hydrogen (secondary N) is 1. The molecule has 0 spiro atoms. The van der Waals surface area contributed by atoms with Crippen molar-refractivity contribution in [3.05, 3.63) is 71.1 Å². The predicted octanol–water partition coefficient (Wildman–Crippen LogP) is 3.84. The van der Waals surface area contributed by atoms with Crippen molar-refractivity contribution < 1.29 is 0 Å². The summed E-state index contributed by atoms with van der Waals surface area (Å²) in [5.74, 6) is 0. The van der Waals surface area contributed by atoms with Gasteiger partial charge in [0.1, 0.15) is 5.65 Å². The fourth-order valence-electron chi connectivity index (χ4n) is 2.20. The largest absolute Gasteiger partial charge is 0.307 e. The number of hydrogen-bond donors (Lipinski definition) is 1. The van der Waals surface area contributed by atoms with Crippen molar-refractivity contribution in [1.29, 1.82) is 0 Å². The van der Waals surface area contributed by atoms with Crippen molar-refractivity contribution in [2.24, 2.45) is 0 Å². The third kappa shape index (κ3) is 2.84. The molecule has 0 fully saturated rings. The molecule has 20 heavy (non-hydrogen) atoms. The Labute approximate surface area is 123 Å². The first-order valence-corrected chi connectivity index (χ1v) is 7.01. The number of hydrogen-bond acceptors (Lipinski definition) is 2. The summed E-state index contributed by atoms with van der Waals surface area (Å²) in [5.41, 5.74) is 3.23. The van der Waals surface area contributed by atoms with E-state index in [1.54, 1.807) is 0 Å². The van der Waals surface area contributed by atoms with E-state index in [0.717, 1.165) is 22.9 Å². The van der Waals surface area contributed by atoms with Crippen LogP contribution in [-0.2, 0) is 6.54 Å². The summed E-state index contributed by atoms with van der Waals surface area (Å²) in [7, 11) is 0. The number of imidazole rings is 1. The van der Waals surface area contributed by atoms with Gasteiger partial charge in [-0.3, -0.25) is 0 Å². The maximum absolute atomic E-state index is 5.90. The van der Waals surface area contributed by atoms with Gasteiger partial charge in [-0.15, -0.1) is 0 Å². The van der Waals surface area contributed by atoms with E-state index in [1.807, 2.05) is 53.1 Å². The van der Waals surface area contributed by atoms with Crippen LogP contribution in [-0.4, -0.2) is 9.38 Å². The molecule has 0 saturated carbocycles. The monoisotopic (exact) mass is 285 g/mol. The van der Waals surface area contributed by atoms with Crippen molar-refractivity contribution in [3.8, 4) is 0 Å². The summed E-state index contributed by atoms with van der Waals surface area (Å²) in [6, 6.07) is 14.2. The zero-order valence-electron chi connectivity index (χ0n) is 11.3. The van der Waals surface area contributed by atoms with Crippen LogP contribution < -0.4 is 5.32 Å². The van der Waals surface area contributed by atoms with Gasteiger partial charge >= 0.3 is 0 Å². The van der Waals surface area contributed by atoms with E-state index in [-0.39, 0.29) is 6.04 Å². The molecule has 1 unspecified atom stereocenters. The molecule has 1 N–H and O–H groups in total. The van der Waals surface area contributed by atoms with Gasteiger partial charge in [0, 0.05) is 30.0 Å². The first-order chi connectivity index (χ1) is 9.72. The number of rotatable bonds is 4. The average Bonchev–Trinajstić information content (AvgIpc) is 2.88. The van der Waals surface area contributed by atoms with Crippen LogP contribution >= 0.6 is 11.6 Å². The van der Waals surface area contributed by atoms with Crippen molar-refractivity contribution in [3.63, 3.8) is 0 Å². The Morgan fingerprint density at radius 2 is 2.00 bits per heavy atom. The molecule has 0 aliphatic heterocycles. The third-order valence-electron chi connectivity index (χ3n) is 3.37. The van der Waals surface area contributed by atoms with E-state index in [2.05, 4.69) is 23.4 Å². The fourth-order valence-corrected chi connectivity index (χ4v) is 2.33. The van der Waals surface area contributed by atoms with Gasteiger partial charge in [0.05, 0.1) is 5.69 Å². The van der Waals surface area contributed by atoms with Crippen LogP contribution in [0.2, 0.25) is 5.02 Å². The minimum absolute atomic E-state index is 0.261. The molecule has 0 aliphatic rings. The van der Waals surface area contributed by atoms with Crippen molar-refractivity contribution in [2.45, 2.75) is 19.5 Å². The van der Waals surface area contributed by atoms with Gasteiger partial charge in [-0.25, -0.2) is 4.98 Å². The highest BCUT2D eigenvalue weighted by Gasteiger charge is 2.06. The van der Waals surface area contributed by atoms with Gasteiger partial charge in [0.15, 0.2) is 0 Å². The lowest BCUT2D eigenvalue weighted by Crippen LogP contribution is -2.18. The van der Waals surface area contributed by atoms with Crippen LogP contribution in [0.15, 0.2) is 54.9 Å². The van der Waals surface area contributed by atoms with Gasteiger partial charge in [0.2, 0.25) is 0 Å². The second-order valence-electron chi connectivity index (χ2n) is 4.85. The third-order valence-corrected chi connectivity index (χ3v) is 3.63. The SMILES string of the molecule is CC(NCc1cn2ccccc2n1)c1ccc(Cl)cc1. The molecule has 3 nitrogen and oxygen atoms in total. The number of halogens is 1. The molecule has 102 valence electrons. The van der Waals surface area contributed by atoms with E-state index in [0.29, 0.717) is 0 Å². The van der Waals surface area contributed by atoms with Crippen LogP contribution in [0, 0.1) is 0 Å². The zero-order chi connectivity index (χ0) is 13.9. The van der Waals surface area contributed by atoms with E-state index >= 15 is 0 Å². The summed E-state index contributed by atoms with van der Waals surface area (Å²) in [6.07, 6.45) is 4.06. The topological polar surface area (TPSA) is 29.3 Å². The summed E-state index contributed by atoms with van der Waals surface area (Å²) in [5, 5.41) is 4.24. The van der Waals surface area contributed by atoms with Crippen LogP contribution in [0.3, 0.4) is 0 Å². The second kappa shape index (κ2) is 5.65. The van der Waals surface area contributed by atoms with E-state index in [1.165, 1.54) is 5.56 Å². The molecule has 0 radical (unpaired) electrons. The quantitative estimate of drug-likeness (QED) is 0.789. The standard InChI is InChI=1S/C16H16ClN3/c1-12(13-5-7-14(17)8-6-13)18-10-15-11-20-9-3-2-4-16(20)19-15/h2-9,11-12,18H,10H2,1H3. The lowest BCUT2D eigenvalue weighted by Gasteiger charge is -2.13. The fraction of sp³-hybridized carbons (Fsp3) is 0.188. The smallest absolute Gasteiger partial charge is 0.137 e. The highest BCUT2D eigenvalue weighted by Crippen LogP contribution is 2.16. The van der Waals surface area contributed by atoms with E-state index in [9.17, 15) is 0 Å². The van der Waals surface area contributed by atoms with E-state index < -0.39 is 0 Å². The highest BCUT2D eigenvalue weighted by molar-refractivity contribution is 6.30. The zero-order valence-corrected chi connectivity index (χ0v) is 12.0. The Bertz CT molecular complexity index is 670. The summed E-state index contributed by atoms with van der Waals surface area (Å²) in [4.78, 5) is 4.57. The average molecular weight is 286 g/mol. The van der Waals surface area contributed by atoms with Crippen molar-refractivity contribution in [2.75, 3.05) is 0 Å². The second-order valence-corrected chi connectivity index (χ2v) is 5.29. The Morgan fingerprint density at radius 1 is 1.20 bits per heavy atom. The van der Waals surface area contributed by atoms with Crippen LogP contribution in [0.4, 0.5) is 0 Å². The lowest BCUT2D eigenvalue weighted by atomic mass is 10.1. The Balaban J connectivity index is 1.68. The van der Waals surface area contributed by atoms with Crippen LogP contribution in [0.25, 0.3) is 5.65 Å². The first kappa shape index (κ1) is 13.2. The maximum Gasteiger partial charge on any atom is 0.137 e. The lowest BCUT2D eigenvalue weighted by molar-refractivity contribution is 0.569. The van der Waals surface area contributed by atoms with Gasteiger partial charge in [0.25, 0.3) is 0 Å². The molecule has 1 aromatic carbocycles. The Kier molecular flexibility index (Phi) is 3.72. The van der Waals surface area contributed by atoms with Crippen LogP contribution in [0.5, 0.6) is 0 Å². The number of benzene rings is 1. The molecule has 0 bridgehead atoms. The van der Waals surface area contributed by atoms with Crippen molar-refractivity contribution >= 4 is 17.2 Å². The summed E-state index contributed by atoms with van der Waals surface area (Å²) >= 11 is 5.90. The number of aromatic nitrogens is 2. The molecular formula is C16H16ClN3. The summed E-state index contributed by atoms with van der Waals surface area (Å²) < 4.78 is 2.03. The predicted molar refractivity (Wildman–Crippen MR) is 81.9 cm³/mol. The molecule has 4 heteroatoms. The van der Waals surface area contributed by atoms with Crippen LogP contribution in [0.1, 0.15) is 24.2 Å². The molecule has 0 amide bonds. The highest BCUT2D eigenvalue weighted by atomic mass is 35.5. The Morgan fingerprint density at radius 3 is 2.75 bits per heavy atom. The maximum atomic E-state index is 5.90. The molecule has 2 heterocycles. The van der Waals surface area contributed by atoms with Gasteiger partial charge in [-0.1, -0.05) is 29.8 Å². The van der Waals surface area contributed by atoms with Gasteiger partial charge in [-0.2, -0.15) is 0 Å². The normalized spacial score (nSPS) is 12.7. The summed E-state index contributed by atoms with van der Waals surface area (Å²) in [6.45, 7) is 2.88. The number of fused-ring (bicyclic) bond motifs is 1. The molecule has 0 aliphatic carbocycles. The molecule has 1 atom stereocenters. The minimum Gasteiger partial charge on any atom is -0.307 e. The van der Waals surface area contributed by atoms with Crippen molar-refractivity contribution in [1.82, 2.24) is 14.7 Å². The minimum atomic E-state index is 0.261. The van der Waals surface area contributed by atoms with Gasteiger partial charge in [-0.05, 0) is 36.8 Å². The first-order valence-electron chi connectivity index (χ1n) is 6.64. The molecule has 2 aromatic heterocycles. The number of pyridine rings is 1. The Hall–Kier alpha value is -1.84. The number of nitrogens with zero attached hydrogens (tertiary/aromatic N) is 2. The van der Waals surface area contributed by atoms with E-state index in [4.69, 9.17) is 11.6 Å². The van der Waals surface area contributed by atoms with Gasteiger partial charge < -0.3 is 9.72 Å². The molecule has 0 saturated heterocycles. The molecular weight excluding hydrogens is 270 g/mol. The molecule has 3 rings (SSSR count).